The van der Waals surface area contributed by atoms with E-state index in [0.29, 0.717) is 6.54 Å². The highest BCUT2D eigenvalue weighted by Crippen LogP contribution is 2.22. The molecule has 1 aromatic carbocycles. The van der Waals surface area contributed by atoms with E-state index in [1.54, 1.807) is 6.92 Å². The Kier molecular flexibility index (Phi) is 5.81. The van der Waals surface area contributed by atoms with E-state index in [9.17, 15) is 24.5 Å². The number of carbonyl (C=O) groups is 3. The molecule has 0 saturated heterocycles. The average molecular weight is 310 g/mol. The molecule has 1 rings (SSSR count). The van der Waals surface area contributed by atoms with Crippen LogP contribution in [-0.2, 0) is 9.53 Å². The molecule has 0 heterocycles. The Labute approximate surface area is 124 Å². The van der Waals surface area contributed by atoms with Gasteiger partial charge in [-0.3, -0.25) is 20.2 Å². The lowest BCUT2D eigenvalue weighted by molar-refractivity contribution is -0.383. The first-order chi connectivity index (χ1) is 10.3. The largest absolute Gasteiger partial charge is 0.452 e. The number of hydrogen-bond acceptors (Lipinski definition) is 7. The fourth-order valence-electron chi connectivity index (χ4n) is 1.41. The second kappa shape index (κ2) is 7.57. The van der Waals surface area contributed by atoms with Gasteiger partial charge in [0.25, 0.3) is 11.6 Å². The fraction of sp³-hybridized carbons (Fsp3) is 0.250. The molecule has 0 aromatic heterocycles. The van der Waals surface area contributed by atoms with Crippen LogP contribution < -0.4 is 16.4 Å². The molecule has 10 heteroatoms. The number of benzene rings is 1. The van der Waals surface area contributed by atoms with Crippen molar-refractivity contribution in [3.05, 3.63) is 33.9 Å². The van der Waals surface area contributed by atoms with E-state index < -0.39 is 35.1 Å². The van der Waals surface area contributed by atoms with E-state index >= 15 is 0 Å². The van der Waals surface area contributed by atoms with Gasteiger partial charge in [0.1, 0.15) is 5.69 Å². The van der Waals surface area contributed by atoms with Crippen molar-refractivity contribution in [1.29, 1.82) is 0 Å². The quantitative estimate of drug-likeness (QED) is 0.303. The van der Waals surface area contributed by atoms with Crippen molar-refractivity contribution in [3.63, 3.8) is 0 Å². The highest BCUT2D eigenvalue weighted by atomic mass is 16.6. The first kappa shape index (κ1) is 16.9. The van der Waals surface area contributed by atoms with Crippen molar-refractivity contribution in [2.24, 2.45) is 0 Å². The number of amides is 3. The summed E-state index contributed by atoms with van der Waals surface area (Å²) in [6.45, 7) is 1.29. The molecule has 0 saturated carbocycles. The van der Waals surface area contributed by atoms with E-state index in [-0.39, 0.29) is 11.3 Å². The summed E-state index contributed by atoms with van der Waals surface area (Å²) in [7, 11) is 0. The molecule has 0 aliphatic carbocycles. The molecule has 0 radical (unpaired) electrons. The Morgan fingerprint density at radius 1 is 1.36 bits per heavy atom. The zero-order valence-electron chi connectivity index (χ0n) is 11.6. The SMILES string of the molecule is CCNC(=O)NC(=O)COC(=O)c1ccc(N)c([N+](=O)[O-])c1. The Morgan fingerprint density at radius 2 is 2.05 bits per heavy atom. The van der Waals surface area contributed by atoms with Crippen molar-refractivity contribution < 1.29 is 24.0 Å². The second-order valence-electron chi connectivity index (χ2n) is 4.01. The molecule has 118 valence electrons. The number of nitrogen functional groups attached to an aromatic ring is 1. The van der Waals surface area contributed by atoms with Crippen LogP contribution in [0.2, 0.25) is 0 Å². The number of carbonyl (C=O) groups excluding carboxylic acids is 3. The molecule has 0 fully saturated rings. The van der Waals surface area contributed by atoms with Gasteiger partial charge in [-0.1, -0.05) is 0 Å². The topological polar surface area (TPSA) is 154 Å². The number of nitrogens with two attached hydrogens (primary N) is 1. The molecule has 22 heavy (non-hydrogen) atoms. The van der Waals surface area contributed by atoms with Gasteiger partial charge < -0.3 is 15.8 Å². The van der Waals surface area contributed by atoms with Gasteiger partial charge in [0.15, 0.2) is 6.61 Å². The average Bonchev–Trinajstić information content (AvgIpc) is 2.45. The summed E-state index contributed by atoms with van der Waals surface area (Å²) < 4.78 is 4.65. The van der Waals surface area contributed by atoms with Crippen LogP contribution in [0.1, 0.15) is 17.3 Å². The van der Waals surface area contributed by atoms with Crippen molar-refractivity contribution in [1.82, 2.24) is 10.6 Å². The number of nitrogens with zero attached hydrogens (tertiary/aromatic N) is 1. The summed E-state index contributed by atoms with van der Waals surface area (Å²) in [6.07, 6.45) is 0. The zero-order valence-corrected chi connectivity index (χ0v) is 11.6. The van der Waals surface area contributed by atoms with Crippen LogP contribution in [-0.4, -0.2) is 36.0 Å². The van der Waals surface area contributed by atoms with Crippen LogP contribution >= 0.6 is 0 Å². The third-order valence-electron chi connectivity index (χ3n) is 2.39. The molecular weight excluding hydrogens is 296 g/mol. The number of nitro benzene ring substituents is 1. The van der Waals surface area contributed by atoms with Gasteiger partial charge in [-0.2, -0.15) is 0 Å². The van der Waals surface area contributed by atoms with E-state index in [1.165, 1.54) is 12.1 Å². The molecule has 0 spiro atoms. The molecule has 0 aliphatic rings. The van der Waals surface area contributed by atoms with Crippen LogP contribution in [0.15, 0.2) is 18.2 Å². The maximum atomic E-state index is 11.7. The van der Waals surface area contributed by atoms with Gasteiger partial charge in [-0.05, 0) is 19.1 Å². The van der Waals surface area contributed by atoms with Gasteiger partial charge in [-0.15, -0.1) is 0 Å². The second-order valence-corrected chi connectivity index (χ2v) is 4.01. The predicted molar refractivity (Wildman–Crippen MR) is 75.0 cm³/mol. The van der Waals surface area contributed by atoms with Crippen LogP contribution in [0.3, 0.4) is 0 Å². The normalized spacial score (nSPS) is 9.68. The number of imide groups is 1. The van der Waals surface area contributed by atoms with Crippen molar-refractivity contribution in [2.45, 2.75) is 6.92 Å². The first-order valence-electron chi connectivity index (χ1n) is 6.13. The van der Waals surface area contributed by atoms with Gasteiger partial charge >= 0.3 is 12.0 Å². The fourth-order valence-corrected chi connectivity index (χ4v) is 1.41. The number of anilines is 1. The minimum atomic E-state index is -0.950. The summed E-state index contributed by atoms with van der Waals surface area (Å²) in [5, 5.41) is 15.0. The van der Waals surface area contributed by atoms with Gasteiger partial charge in [0.2, 0.25) is 0 Å². The number of nitro groups is 1. The number of esters is 1. The summed E-state index contributed by atoms with van der Waals surface area (Å²) >= 11 is 0. The first-order valence-corrected chi connectivity index (χ1v) is 6.13. The van der Waals surface area contributed by atoms with Crippen LogP contribution in [0.4, 0.5) is 16.2 Å². The molecule has 0 atom stereocenters. The van der Waals surface area contributed by atoms with Gasteiger partial charge in [0.05, 0.1) is 10.5 Å². The summed E-state index contributed by atoms with van der Waals surface area (Å²) in [6, 6.07) is 2.64. The molecule has 0 aliphatic heterocycles. The lowest BCUT2D eigenvalue weighted by atomic mass is 10.2. The number of hydrogen-bond donors (Lipinski definition) is 3. The van der Waals surface area contributed by atoms with Gasteiger partial charge in [0, 0.05) is 12.6 Å². The smallest absolute Gasteiger partial charge is 0.338 e. The Hall–Kier alpha value is -3.17. The zero-order chi connectivity index (χ0) is 16.7. The standard InChI is InChI=1S/C12H14N4O6/c1-2-14-12(19)15-10(17)6-22-11(18)7-3-4-8(13)9(5-7)16(20)21/h3-5H,2,6,13H2,1H3,(H2,14,15,17,19). The van der Waals surface area contributed by atoms with Crippen LogP contribution in [0.5, 0.6) is 0 Å². The van der Waals surface area contributed by atoms with E-state index in [2.05, 4.69) is 10.1 Å². The molecule has 4 N–H and O–H groups in total. The highest BCUT2D eigenvalue weighted by Gasteiger charge is 2.17. The summed E-state index contributed by atoms with van der Waals surface area (Å²) in [4.78, 5) is 44.0. The van der Waals surface area contributed by atoms with Gasteiger partial charge in [-0.25, -0.2) is 9.59 Å². The third-order valence-corrected chi connectivity index (χ3v) is 2.39. The molecular formula is C12H14N4O6. The number of nitrogens with one attached hydrogen (secondary N) is 2. The van der Waals surface area contributed by atoms with Crippen LogP contribution in [0.25, 0.3) is 0 Å². The van der Waals surface area contributed by atoms with E-state index in [1.807, 2.05) is 5.32 Å². The van der Waals surface area contributed by atoms with Crippen molar-refractivity contribution in [3.8, 4) is 0 Å². The van der Waals surface area contributed by atoms with Crippen molar-refractivity contribution >= 4 is 29.3 Å². The molecule has 0 unspecified atom stereocenters. The van der Waals surface area contributed by atoms with E-state index in [4.69, 9.17) is 5.73 Å². The predicted octanol–water partition coefficient (Wildman–Crippen LogP) is 0.180. The monoisotopic (exact) mass is 310 g/mol. The third kappa shape index (κ3) is 4.74. The maximum Gasteiger partial charge on any atom is 0.338 e. The lowest BCUT2D eigenvalue weighted by Crippen LogP contribution is -2.41. The minimum Gasteiger partial charge on any atom is -0.452 e. The highest BCUT2D eigenvalue weighted by molar-refractivity contribution is 5.97. The Bertz CT molecular complexity index is 616. The number of ether oxygens (including phenoxy) is 1. The molecule has 0 bridgehead atoms. The van der Waals surface area contributed by atoms with E-state index in [0.717, 1.165) is 6.07 Å². The minimum absolute atomic E-state index is 0.101. The summed E-state index contributed by atoms with van der Waals surface area (Å²) in [5.74, 6) is -1.78. The maximum absolute atomic E-state index is 11.7. The number of rotatable bonds is 5. The van der Waals surface area contributed by atoms with Crippen LogP contribution in [0, 0.1) is 10.1 Å². The lowest BCUT2D eigenvalue weighted by Gasteiger charge is -2.06. The molecule has 3 amide bonds. The Balaban J connectivity index is 2.63. The van der Waals surface area contributed by atoms with Crippen molar-refractivity contribution in [2.75, 3.05) is 18.9 Å². The molecule has 10 nitrogen and oxygen atoms in total. The summed E-state index contributed by atoms with van der Waals surface area (Å²) in [5.41, 5.74) is 4.72. The number of urea groups is 1. The Morgan fingerprint density at radius 3 is 2.64 bits per heavy atom. The molecule has 1 aromatic rings.